The highest BCUT2D eigenvalue weighted by Crippen LogP contribution is 2.31. The molecule has 0 aliphatic carbocycles. The Kier molecular flexibility index (Phi) is 15.1. The Balaban J connectivity index is 0.000000170. The van der Waals surface area contributed by atoms with Gasteiger partial charge >= 0.3 is 0 Å². The number of fused-ring (bicyclic) bond motifs is 4. The number of thioether (sulfide) groups is 2. The molecule has 4 aliphatic rings. The van der Waals surface area contributed by atoms with Crippen molar-refractivity contribution < 1.29 is 35.9 Å². The van der Waals surface area contributed by atoms with E-state index < -0.39 is 35.6 Å². The molecule has 2 fully saturated rings. The lowest BCUT2D eigenvalue weighted by molar-refractivity contribution is -0.114. The van der Waals surface area contributed by atoms with Crippen molar-refractivity contribution >= 4 is 68.8 Å². The molecule has 8 heterocycles. The number of amides is 2. The molecule has 4 aliphatic heterocycles. The fraction of sp³-hybridized carbons (Fsp3) is 0.375. The highest BCUT2D eigenvalue weighted by atomic mass is 32.2. The number of alkyl halides is 2. The van der Waals surface area contributed by atoms with Crippen molar-refractivity contribution in [3.05, 3.63) is 119 Å². The molecule has 4 aromatic heterocycles. The van der Waals surface area contributed by atoms with E-state index in [4.69, 9.17) is 0 Å². The van der Waals surface area contributed by atoms with E-state index in [2.05, 4.69) is 41.2 Å². The van der Waals surface area contributed by atoms with Crippen LogP contribution in [0.3, 0.4) is 0 Å². The molecule has 0 unspecified atom stereocenters. The van der Waals surface area contributed by atoms with Crippen molar-refractivity contribution in [2.75, 3.05) is 61.4 Å². The molecule has 10 rings (SSSR count). The van der Waals surface area contributed by atoms with E-state index in [-0.39, 0.29) is 48.0 Å². The lowest BCUT2D eigenvalue weighted by Gasteiger charge is -2.35. The Morgan fingerprint density at radius 2 is 1.06 bits per heavy atom. The molecular formula is C48H48F6N10O2S2. The Labute approximate surface area is 396 Å². The first kappa shape index (κ1) is 47.7. The standard InChI is InChI=1S/2C24H24F3N5OS/c2*25-15-9-17-14(3-6-28-23(17)18(26)10-15)4-7-32-8-5-20(19(27)12-32)29-11-16-1-2-21-24(30-16)31-22(33)13-34-21/h2*1-3,6,9-10,19-20,29H,4-5,7-8,11-13H2,(H,30,31,33)/t2*19-,20+/m10/s1. The number of rotatable bonds is 12. The normalized spacial score (nSPS) is 20.9. The summed E-state index contributed by atoms with van der Waals surface area (Å²) in [6.07, 6.45) is 3.32. The van der Waals surface area contributed by atoms with E-state index >= 15 is 0 Å². The number of carbonyl (C=O) groups excluding carboxylic acids is 2. The molecule has 6 aromatic rings. The Bertz CT molecular complexity index is 2640. The molecule has 12 nitrogen and oxygen atoms in total. The largest absolute Gasteiger partial charge is 0.309 e. The molecule has 4 atom stereocenters. The molecule has 0 saturated carbocycles. The Morgan fingerprint density at radius 3 is 1.49 bits per heavy atom. The van der Waals surface area contributed by atoms with Crippen molar-refractivity contribution in [3.63, 3.8) is 0 Å². The number of benzene rings is 2. The zero-order chi connectivity index (χ0) is 47.3. The minimum absolute atomic E-state index is 0.0682. The van der Waals surface area contributed by atoms with Gasteiger partial charge in [0.1, 0.15) is 46.6 Å². The number of hydrogen-bond acceptors (Lipinski definition) is 12. The van der Waals surface area contributed by atoms with E-state index in [0.717, 1.165) is 44.4 Å². The number of likely N-dealkylation sites (tertiary alicyclic amines) is 2. The molecule has 4 N–H and O–H groups in total. The van der Waals surface area contributed by atoms with Gasteiger partial charge in [-0.3, -0.25) is 29.4 Å². The van der Waals surface area contributed by atoms with Crippen LogP contribution in [-0.4, -0.2) is 117 Å². The van der Waals surface area contributed by atoms with Crippen LogP contribution < -0.4 is 21.3 Å². The van der Waals surface area contributed by atoms with Gasteiger partial charge < -0.3 is 21.3 Å². The van der Waals surface area contributed by atoms with E-state index in [1.165, 1.54) is 48.1 Å². The first-order chi connectivity index (χ1) is 32.9. The van der Waals surface area contributed by atoms with Gasteiger partial charge in [0.25, 0.3) is 0 Å². The molecule has 2 amide bonds. The molecule has 2 aromatic carbocycles. The van der Waals surface area contributed by atoms with Crippen LogP contribution >= 0.6 is 23.5 Å². The number of carbonyl (C=O) groups is 2. The highest BCUT2D eigenvalue weighted by Gasteiger charge is 2.31. The maximum atomic E-state index is 14.9. The number of piperidine rings is 2. The van der Waals surface area contributed by atoms with Gasteiger partial charge in [-0.15, -0.1) is 23.5 Å². The molecule has 68 heavy (non-hydrogen) atoms. The van der Waals surface area contributed by atoms with E-state index in [9.17, 15) is 35.9 Å². The number of hydrogen-bond donors (Lipinski definition) is 4. The molecule has 356 valence electrons. The van der Waals surface area contributed by atoms with Crippen molar-refractivity contribution in [3.8, 4) is 0 Å². The molecule has 0 spiro atoms. The smallest absolute Gasteiger partial charge is 0.235 e. The van der Waals surface area contributed by atoms with Crippen LogP contribution in [0, 0.1) is 23.3 Å². The van der Waals surface area contributed by atoms with Crippen molar-refractivity contribution in [2.45, 2.75) is 73.0 Å². The van der Waals surface area contributed by atoms with E-state index in [1.54, 1.807) is 12.1 Å². The van der Waals surface area contributed by atoms with Crippen LogP contribution in [0.5, 0.6) is 0 Å². The summed E-state index contributed by atoms with van der Waals surface area (Å²) in [6.45, 7) is 4.02. The molecule has 0 bridgehead atoms. The Hall–Kier alpha value is -5.38. The van der Waals surface area contributed by atoms with E-state index in [1.807, 2.05) is 34.1 Å². The van der Waals surface area contributed by atoms with Crippen molar-refractivity contribution in [1.29, 1.82) is 0 Å². The third-order valence-corrected chi connectivity index (χ3v) is 14.6. The topological polar surface area (TPSA) is 140 Å². The van der Waals surface area contributed by atoms with E-state index in [0.29, 0.717) is 98.9 Å². The van der Waals surface area contributed by atoms with Crippen molar-refractivity contribution in [2.24, 2.45) is 0 Å². The minimum Gasteiger partial charge on any atom is -0.309 e. The molecule has 2 saturated heterocycles. The summed E-state index contributed by atoms with van der Waals surface area (Å²) >= 11 is 2.91. The number of pyridine rings is 4. The third kappa shape index (κ3) is 11.5. The maximum absolute atomic E-state index is 14.9. The van der Waals surface area contributed by atoms with Gasteiger partial charge in [0.15, 0.2) is 11.6 Å². The molecular weight excluding hydrogens is 927 g/mol. The van der Waals surface area contributed by atoms with Gasteiger partial charge in [0, 0.05) is 86.7 Å². The first-order valence-electron chi connectivity index (χ1n) is 22.4. The van der Waals surface area contributed by atoms with Gasteiger partial charge in [-0.05, 0) is 98.4 Å². The average Bonchev–Trinajstić information content (AvgIpc) is 3.32. The van der Waals surface area contributed by atoms with Crippen LogP contribution in [-0.2, 0) is 35.5 Å². The van der Waals surface area contributed by atoms with Gasteiger partial charge in [0.2, 0.25) is 11.8 Å². The first-order valence-corrected chi connectivity index (χ1v) is 24.4. The molecule has 0 radical (unpaired) electrons. The summed E-state index contributed by atoms with van der Waals surface area (Å²) in [5.74, 6) is -0.855. The van der Waals surface area contributed by atoms with Gasteiger partial charge in [0.05, 0.1) is 32.7 Å². The lowest BCUT2D eigenvalue weighted by atomic mass is 10.0. The lowest BCUT2D eigenvalue weighted by Crippen LogP contribution is -2.51. The number of anilines is 2. The summed E-state index contributed by atoms with van der Waals surface area (Å²) in [7, 11) is 0. The summed E-state index contributed by atoms with van der Waals surface area (Å²) in [6, 6.07) is 14.8. The third-order valence-electron chi connectivity index (χ3n) is 12.5. The summed E-state index contributed by atoms with van der Waals surface area (Å²) < 4.78 is 85.3. The summed E-state index contributed by atoms with van der Waals surface area (Å²) in [5.41, 5.74) is 3.39. The number of halogens is 6. The SMILES string of the molecule is O=C1CSc2ccc(CN[C@@H]3CCN(CCc4ccnc5c(F)cc(F)cc45)C[C@@H]3F)nc2N1.O=C1CSc2ccc(CN[C@H]3CCN(CCc4ccnc5c(F)cc(F)cc45)C[C@H]3F)nc2N1. The second-order valence-electron chi connectivity index (χ2n) is 17.2. The predicted octanol–water partition coefficient (Wildman–Crippen LogP) is 7.39. The zero-order valence-corrected chi connectivity index (χ0v) is 38.4. The average molecular weight is 975 g/mol. The zero-order valence-electron chi connectivity index (χ0n) is 36.7. The van der Waals surface area contributed by atoms with Crippen molar-refractivity contribution in [1.82, 2.24) is 40.4 Å². The second kappa shape index (κ2) is 21.5. The number of nitrogens with one attached hydrogen (secondary N) is 4. The highest BCUT2D eigenvalue weighted by molar-refractivity contribution is 8.00. The van der Waals surface area contributed by atoms with Crippen LogP contribution in [0.1, 0.15) is 35.4 Å². The van der Waals surface area contributed by atoms with Gasteiger partial charge in [-0.25, -0.2) is 36.3 Å². The maximum Gasteiger partial charge on any atom is 0.235 e. The number of aromatic nitrogens is 4. The van der Waals surface area contributed by atoms with Gasteiger partial charge in [-0.2, -0.15) is 0 Å². The predicted molar refractivity (Wildman–Crippen MR) is 251 cm³/mol. The summed E-state index contributed by atoms with van der Waals surface area (Å²) in [5, 5.41) is 13.0. The monoisotopic (exact) mass is 974 g/mol. The van der Waals surface area contributed by atoms with Crippen LogP contribution in [0.2, 0.25) is 0 Å². The molecule has 20 heteroatoms. The Morgan fingerprint density at radius 1 is 0.618 bits per heavy atom. The quantitative estimate of drug-likeness (QED) is 0.0910. The number of nitrogens with zero attached hydrogens (tertiary/aromatic N) is 6. The van der Waals surface area contributed by atoms with Crippen LogP contribution in [0.15, 0.2) is 82.8 Å². The second-order valence-corrected chi connectivity index (χ2v) is 19.2. The fourth-order valence-electron chi connectivity index (χ4n) is 8.94. The van der Waals surface area contributed by atoms with Crippen LogP contribution in [0.4, 0.5) is 38.0 Å². The fourth-order valence-corrected chi connectivity index (χ4v) is 10.5. The minimum atomic E-state index is -1.05. The van der Waals surface area contributed by atoms with Crippen LogP contribution in [0.25, 0.3) is 21.8 Å². The summed E-state index contributed by atoms with van der Waals surface area (Å²) in [4.78, 5) is 46.1. The van der Waals surface area contributed by atoms with Gasteiger partial charge in [-0.1, -0.05) is 0 Å².